The van der Waals surface area contributed by atoms with Gasteiger partial charge in [0, 0.05) is 31.5 Å². The Morgan fingerprint density at radius 3 is 2.76 bits per heavy atom. The van der Waals surface area contributed by atoms with E-state index in [2.05, 4.69) is 15.3 Å². The third-order valence-electron chi connectivity index (χ3n) is 3.98. The van der Waals surface area contributed by atoms with E-state index in [9.17, 15) is 5.11 Å². The number of likely N-dealkylation sites (tertiary alicyclic amines) is 1. The number of piperidine rings is 1. The topological polar surface area (TPSA) is 53.3 Å². The van der Waals surface area contributed by atoms with E-state index in [4.69, 9.17) is 0 Å². The van der Waals surface area contributed by atoms with Crippen LogP contribution in [0.2, 0.25) is 0 Å². The fourth-order valence-corrected chi connectivity index (χ4v) is 3.01. The Hall–Kier alpha value is -0.910. The number of aliphatic hydroxyl groups is 1. The Kier molecular flexibility index (Phi) is 3.13. The number of nitrogens with one attached hydrogen (secondary N) is 1. The molecule has 5 nitrogen and oxygen atoms in total. The van der Waals surface area contributed by atoms with Gasteiger partial charge in [-0.1, -0.05) is 0 Å². The average Bonchev–Trinajstić information content (AvgIpc) is 2.99. The lowest BCUT2D eigenvalue weighted by Gasteiger charge is -2.31. The molecule has 0 unspecified atom stereocenters. The lowest BCUT2D eigenvalue weighted by molar-refractivity contribution is 0.129. The van der Waals surface area contributed by atoms with Gasteiger partial charge in [-0.2, -0.15) is 5.10 Å². The normalized spacial score (nSPS) is 32.1. The highest BCUT2D eigenvalue weighted by molar-refractivity contribution is 4.94. The number of β-amino-alcohol motifs (C(OH)–C–C–N with tert-alkyl or cyclic N) is 1. The van der Waals surface area contributed by atoms with Crippen molar-refractivity contribution in [2.45, 2.75) is 31.0 Å². The molecule has 5 heteroatoms. The Morgan fingerprint density at radius 2 is 2.06 bits per heavy atom. The van der Waals surface area contributed by atoms with Gasteiger partial charge in [-0.15, -0.1) is 0 Å². The summed E-state index contributed by atoms with van der Waals surface area (Å²) in [7, 11) is 0. The van der Waals surface area contributed by atoms with Gasteiger partial charge in [0.2, 0.25) is 0 Å². The molecule has 0 aliphatic carbocycles. The van der Waals surface area contributed by atoms with E-state index in [1.54, 1.807) is 6.20 Å². The average molecular weight is 236 g/mol. The summed E-state index contributed by atoms with van der Waals surface area (Å²) < 4.78 is 1.89. The van der Waals surface area contributed by atoms with Gasteiger partial charge in [-0.3, -0.25) is 9.58 Å². The quantitative estimate of drug-likeness (QED) is 0.750. The lowest BCUT2D eigenvalue weighted by atomic mass is 10.1. The van der Waals surface area contributed by atoms with Crippen molar-refractivity contribution >= 4 is 0 Å². The maximum atomic E-state index is 10.1. The predicted octanol–water partition coefficient (Wildman–Crippen LogP) is -0.147. The van der Waals surface area contributed by atoms with Crippen molar-refractivity contribution < 1.29 is 5.11 Å². The highest BCUT2D eigenvalue weighted by atomic mass is 16.3. The minimum atomic E-state index is -0.287. The molecule has 0 saturated carbocycles. The van der Waals surface area contributed by atoms with Crippen molar-refractivity contribution in [1.82, 2.24) is 20.0 Å². The summed E-state index contributed by atoms with van der Waals surface area (Å²) in [5, 5.41) is 17.8. The van der Waals surface area contributed by atoms with Gasteiger partial charge in [0.05, 0.1) is 12.1 Å². The van der Waals surface area contributed by atoms with Crippen LogP contribution in [-0.2, 0) is 0 Å². The van der Waals surface area contributed by atoms with Crippen molar-refractivity contribution in [3.8, 4) is 0 Å². The molecule has 3 heterocycles. The number of rotatable bonds is 2. The summed E-state index contributed by atoms with van der Waals surface area (Å²) in [4.78, 5) is 2.43. The molecule has 94 valence electrons. The monoisotopic (exact) mass is 236 g/mol. The van der Waals surface area contributed by atoms with E-state index in [1.165, 1.54) is 12.8 Å². The number of hydrogen-bond acceptors (Lipinski definition) is 4. The first-order valence-electron chi connectivity index (χ1n) is 6.46. The summed E-state index contributed by atoms with van der Waals surface area (Å²) in [5.41, 5.74) is 0. The Labute approximate surface area is 101 Å². The van der Waals surface area contributed by atoms with Crippen molar-refractivity contribution in [3.05, 3.63) is 18.5 Å². The van der Waals surface area contributed by atoms with Crippen LogP contribution in [0, 0.1) is 0 Å². The zero-order chi connectivity index (χ0) is 11.7. The van der Waals surface area contributed by atoms with Gasteiger partial charge in [-0.05, 0) is 32.0 Å². The standard InChI is InChI=1S/C12H20N4O/c17-12-9-15(10-2-5-13-6-3-10)8-11(12)16-7-1-4-14-16/h1,4,7,10-13,17H,2-3,5-6,8-9H2/t11-,12-/m0/s1. The van der Waals surface area contributed by atoms with Crippen molar-refractivity contribution in [1.29, 1.82) is 0 Å². The first kappa shape index (κ1) is 11.2. The molecule has 0 spiro atoms. The zero-order valence-electron chi connectivity index (χ0n) is 10.00. The Bertz CT molecular complexity index is 347. The van der Waals surface area contributed by atoms with E-state index in [0.29, 0.717) is 6.04 Å². The van der Waals surface area contributed by atoms with Crippen LogP contribution in [0.15, 0.2) is 18.5 Å². The second-order valence-electron chi connectivity index (χ2n) is 5.06. The van der Waals surface area contributed by atoms with Gasteiger partial charge >= 0.3 is 0 Å². The van der Waals surface area contributed by atoms with Gasteiger partial charge < -0.3 is 10.4 Å². The summed E-state index contributed by atoms with van der Waals surface area (Å²) in [6.45, 7) is 3.91. The summed E-state index contributed by atoms with van der Waals surface area (Å²) in [6.07, 6.45) is 5.82. The predicted molar refractivity (Wildman–Crippen MR) is 64.7 cm³/mol. The van der Waals surface area contributed by atoms with Crippen LogP contribution in [0.5, 0.6) is 0 Å². The Balaban J connectivity index is 1.66. The molecule has 2 fully saturated rings. The molecule has 3 rings (SSSR count). The van der Waals surface area contributed by atoms with Crippen LogP contribution in [0.4, 0.5) is 0 Å². The number of nitrogens with zero attached hydrogens (tertiary/aromatic N) is 3. The van der Waals surface area contributed by atoms with E-state index < -0.39 is 0 Å². The third-order valence-corrected chi connectivity index (χ3v) is 3.98. The van der Waals surface area contributed by atoms with Crippen LogP contribution in [0.1, 0.15) is 18.9 Å². The van der Waals surface area contributed by atoms with Gasteiger partial charge in [0.15, 0.2) is 0 Å². The molecule has 0 radical (unpaired) electrons. The van der Waals surface area contributed by atoms with Gasteiger partial charge in [-0.25, -0.2) is 0 Å². The molecule has 2 atom stereocenters. The van der Waals surface area contributed by atoms with Gasteiger partial charge in [0.25, 0.3) is 0 Å². The largest absolute Gasteiger partial charge is 0.390 e. The second-order valence-corrected chi connectivity index (χ2v) is 5.06. The molecule has 1 aromatic rings. The van der Waals surface area contributed by atoms with Crippen molar-refractivity contribution in [2.24, 2.45) is 0 Å². The molecular formula is C12H20N4O. The minimum Gasteiger partial charge on any atom is -0.390 e. The van der Waals surface area contributed by atoms with Crippen molar-refractivity contribution in [3.63, 3.8) is 0 Å². The molecule has 2 aliphatic heterocycles. The first-order chi connectivity index (χ1) is 8.34. The fraction of sp³-hybridized carbons (Fsp3) is 0.750. The maximum Gasteiger partial charge on any atom is 0.0917 e. The van der Waals surface area contributed by atoms with E-state index in [1.807, 2.05) is 16.9 Å². The zero-order valence-corrected chi connectivity index (χ0v) is 10.00. The number of hydrogen-bond donors (Lipinski definition) is 2. The van der Waals surface area contributed by atoms with E-state index >= 15 is 0 Å². The molecule has 17 heavy (non-hydrogen) atoms. The molecule has 2 N–H and O–H groups in total. The van der Waals surface area contributed by atoms with E-state index in [-0.39, 0.29) is 12.1 Å². The second kappa shape index (κ2) is 4.76. The third kappa shape index (κ3) is 2.22. The summed E-state index contributed by atoms with van der Waals surface area (Å²) in [5.74, 6) is 0. The number of aliphatic hydroxyl groups excluding tert-OH is 1. The SMILES string of the molecule is O[C@H]1CN(C2CCNCC2)C[C@@H]1n1cccn1. The molecule has 0 bridgehead atoms. The molecule has 0 amide bonds. The fourth-order valence-electron chi connectivity index (χ4n) is 3.01. The molecular weight excluding hydrogens is 216 g/mol. The van der Waals surface area contributed by atoms with Crippen molar-refractivity contribution in [2.75, 3.05) is 26.2 Å². The highest BCUT2D eigenvalue weighted by Gasteiger charge is 2.36. The maximum absolute atomic E-state index is 10.1. The van der Waals surface area contributed by atoms with Gasteiger partial charge in [0.1, 0.15) is 0 Å². The minimum absolute atomic E-state index is 0.125. The lowest BCUT2D eigenvalue weighted by Crippen LogP contribution is -2.42. The van der Waals surface area contributed by atoms with Crippen LogP contribution < -0.4 is 5.32 Å². The summed E-state index contributed by atoms with van der Waals surface area (Å²) in [6, 6.07) is 2.67. The highest BCUT2D eigenvalue weighted by Crippen LogP contribution is 2.25. The summed E-state index contributed by atoms with van der Waals surface area (Å²) >= 11 is 0. The molecule has 1 aromatic heterocycles. The van der Waals surface area contributed by atoms with Crippen LogP contribution in [0.3, 0.4) is 0 Å². The van der Waals surface area contributed by atoms with Crippen LogP contribution >= 0.6 is 0 Å². The van der Waals surface area contributed by atoms with E-state index in [0.717, 1.165) is 26.2 Å². The molecule has 0 aromatic carbocycles. The smallest absolute Gasteiger partial charge is 0.0917 e. The van der Waals surface area contributed by atoms with Crippen LogP contribution in [-0.4, -0.2) is 58.1 Å². The van der Waals surface area contributed by atoms with Crippen LogP contribution in [0.25, 0.3) is 0 Å². The molecule has 2 aliphatic rings. The Morgan fingerprint density at radius 1 is 1.24 bits per heavy atom. The first-order valence-corrected chi connectivity index (χ1v) is 6.46. The molecule has 2 saturated heterocycles. The number of aromatic nitrogens is 2.